The third kappa shape index (κ3) is 4.15. The minimum atomic E-state index is -3.75. The highest BCUT2D eigenvalue weighted by atomic mass is 32.2. The van der Waals surface area contributed by atoms with Gasteiger partial charge in [0, 0.05) is 44.5 Å². The number of nitrogens with zero attached hydrogens (tertiary/aromatic N) is 4. The van der Waals surface area contributed by atoms with E-state index in [0.717, 1.165) is 11.6 Å². The molecule has 0 atom stereocenters. The van der Waals surface area contributed by atoms with Gasteiger partial charge in [-0.15, -0.1) is 0 Å². The standard InChI is InChI=1S/C15H21N5O4S/c1-4-19(5-2)25(23,24)13-6-7-14(15(8-13)20(21)22)16-9-12-10-17-18(3)11-12/h6-8,10-11,16H,4-5,9H2,1-3H3. The first-order valence-electron chi connectivity index (χ1n) is 7.79. The summed E-state index contributed by atoms with van der Waals surface area (Å²) in [6, 6.07) is 3.90. The predicted molar refractivity (Wildman–Crippen MR) is 93.7 cm³/mol. The highest BCUT2D eigenvalue weighted by Crippen LogP contribution is 2.29. The van der Waals surface area contributed by atoms with Crippen molar-refractivity contribution in [3.05, 3.63) is 46.3 Å². The molecule has 25 heavy (non-hydrogen) atoms. The molecule has 1 aromatic carbocycles. The highest BCUT2D eigenvalue weighted by molar-refractivity contribution is 7.89. The van der Waals surface area contributed by atoms with Crippen molar-refractivity contribution in [1.82, 2.24) is 14.1 Å². The SMILES string of the molecule is CCN(CC)S(=O)(=O)c1ccc(NCc2cnn(C)c2)c([N+](=O)[O-])c1. The molecule has 0 spiro atoms. The summed E-state index contributed by atoms with van der Waals surface area (Å²) in [5.74, 6) is 0. The van der Waals surface area contributed by atoms with Crippen molar-refractivity contribution >= 4 is 21.4 Å². The molecule has 0 aliphatic heterocycles. The van der Waals surface area contributed by atoms with Crippen molar-refractivity contribution in [3.63, 3.8) is 0 Å². The number of nitro groups is 1. The maximum atomic E-state index is 12.5. The lowest BCUT2D eigenvalue weighted by atomic mass is 10.2. The average molecular weight is 367 g/mol. The second-order valence-electron chi connectivity index (χ2n) is 5.40. The first-order chi connectivity index (χ1) is 11.8. The van der Waals surface area contributed by atoms with E-state index in [0.29, 0.717) is 19.6 Å². The van der Waals surface area contributed by atoms with E-state index in [9.17, 15) is 18.5 Å². The van der Waals surface area contributed by atoms with Crippen molar-refractivity contribution in [1.29, 1.82) is 0 Å². The minimum Gasteiger partial charge on any atom is -0.375 e. The van der Waals surface area contributed by atoms with Crippen LogP contribution >= 0.6 is 0 Å². The van der Waals surface area contributed by atoms with Crippen LogP contribution in [0.3, 0.4) is 0 Å². The second-order valence-corrected chi connectivity index (χ2v) is 7.34. The fourth-order valence-corrected chi connectivity index (χ4v) is 3.92. The molecule has 10 heteroatoms. The van der Waals surface area contributed by atoms with Crippen LogP contribution in [-0.4, -0.2) is 40.5 Å². The topological polar surface area (TPSA) is 110 Å². The summed E-state index contributed by atoms with van der Waals surface area (Å²) in [6.07, 6.45) is 3.44. The van der Waals surface area contributed by atoms with Crippen LogP contribution in [0.2, 0.25) is 0 Å². The lowest BCUT2D eigenvalue weighted by Crippen LogP contribution is -2.30. The summed E-state index contributed by atoms with van der Waals surface area (Å²) < 4.78 is 28.0. The van der Waals surface area contributed by atoms with Crippen LogP contribution in [0.25, 0.3) is 0 Å². The molecule has 0 fully saturated rings. The first-order valence-corrected chi connectivity index (χ1v) is 9.23. The van der Waals surface area contributed by atoms with Gasteiger partial charge in [0.1, 0.15) is 5.69 Å². The van der Waals surface area contributed by atoms with Gasteiger partial charge in [-0.1, -0.05) is 13.8 Å². The summed E-state index contributed by atoms with van der Waals surface area (Å²) in [5, 5.41) is 18.4. The Balaban J connectivity index is 2.32. The van der Waals surface area contributed by atoms with Crippen LogP contribution in [-0.2, 0) is 23.6 Å². The van der Waals surface area contributed by atoms with E-state index in [1.54, 1.807) is 38.0 Å². The van der Waals surface area contributed by atoms with E-state index >= 15 is 0 Å². The smallest absolute Gasteiger partial charge is 0.293 e. The maximum Gasteiger partial charge on any atom is 0.293 e. The number of hydrogen-bond donors (Lipinski definition) is 1. The third-order valence-corrected chi connectivity index (χ3v) is 5.80. The molecule has 0 aliphatic carbocycles. The molecule has 0 saturated carbocycles. The van der Waals surface area contributed by atoms with E-state index < -0.39 is 14.9 Å². The molecule has 136 valence electrons. The molecule has 9 nitrogen and oxygen atoms in total. The zero-order valence-corrected chi connectivity index (χ0v) is 15.2. The largest absolute Gasteiger partial charge is 0.375 e. The Labute approximate surface area is 146 Å². The number of sulfonamides is 1. The molecule has 0 aliphatic rings. The van der Waals surface area contributed by atoms with Crippen LogP contribution in [0.1, 0.15) is 19.4 Å². The van der Waals surface area contributed by atoms with E-state index in [-0.39, 0.29) is 16.3 Å². The van der Waals surface area contributed by atoms with Gasteiger partial charge in [-0.3, -0.25) is 14.8 Å². The lowest BCUT2D eigenvalue weighted by molar-refractivity contribution is -0.384. The van der Waals surface area contributed by atoms with Gasteiger partial charge in [0.25, 0.3) is 5.69 Å². The van der Waals surface area contributed by atoms with Gasteiger partial charge in [0.15, 0.2) is 0 Å². The average Bonchev–Trinajstić information content (AvgIpc) is 2.99. The van der Waals surface area contributed by atoms with Crippen LogP contribution in [0.15, 0.2) is 35.5 Å². The summed E-state index contributed by atoms with van der Waals surface area (Å²) in [6.45, 7) is 4.39. The predicted octanol–water partition coefficient (Wildman–Crippen LogP) is 1.97. The molecular weight excluding hydrogens is 346 g/mol. The monoisotopic (exact) mass is 367 g/mol. The number of anilines is 1. The number of rotatable bonds is 8. The Hall–Kier alpha value is -2.46. The van der Waals surface area contributed by atoms with Gasteiger partial charge in [-0.25, -0.2) is 8.42 Å². The molecule has 1 N–H and O–H groups in total. The fourth-order valence-electron chi connectivity index (χ4n) is 2.45. The van der Waals surface area contributed by atoms with E-state index in [1.807, 2.05) is 0 Å². The summed E-state index contributed by atoms with van der Waals surface area (Å²) in [4.78, 5) is 10.7. The Bertz CT molecular complexity index is 859. The van der Waals surface area contributed by atoms with Gasteiger partial charge in [0.2, 0.25) is 10.0 Å². The quantitative estimate of drug-likeness (QED) is 0.564. The van der Waals surface area contributed by atoms with Crippen LogP contribution in [0.4, 0.5) is 11.4 Å². The third-order valence-electron chi connectivity index (χ3n) is 3.75. The summed E-state index contributed by atoms with van der Waals surface area (Å²) in [7, 11) is -1.97. The minimum absolute atomic E-state index is 0.0881. The van der Waals surface area contributed by atoms with E-state index in [1.165, 1.54) is 16.4 Å². The first kappa shape index (κ1) is 18.9. The van der Waals surface area contributed by atoms with E-state index in [2.05, 4.69) is 10.4 Å². The van der Waals surface area contributed by atoms with Gasteiger partial charge in [-0.05, 0) is 12.1 Å². The zero-order valence-electron chi connectivity index (χ0n) is 14.3. The van der Waals surface area contributed by atoms with Gasteiger partial charge in [0.05, 0.1) is 16.0 Å². The summed E-state index contributed by atoms with van der Waals surface area (Å²) >= 11 is 0. The number of aryl methyl sites for hydroxylation is 1. The molecule has 0 radical (unpaired) electrons. The Morgan fingerprint density at radius 3 is 2.52 bits per heavy atom. The lowest BCUT2D eigenvalue weighted by Gasteiger charge is -2.18. The molecule has 1 heterocycles. The number of benzene rings is 1. The molecule has 0 saturated heterocycles. The van der Waals surface area contributed by atoms with E-state index in [4.69, 9.17) is 0 Å². The van der Waals surface area contributed by atoms with Crippen molar-refractivity contribution in [2.45, 2.75) is 25.3 Å². The van der Waals surface area contributed by atoms with Crippen LogP contribution in [0, 0.1) is 10.1 Å². The van der Waals surface area contributed by atoms with Crippen LogP contribution in [0.5, 0.6) is 0 Å². The normalized spacial score (nSPS) is 11.7. The number of nitro benzene ring substituents is 1. The number of hydrogen-bond acceptors (Lipinski definition) is 6. The van der Waals surface area contributed by atoms with Gasteiger partial charge < -0.3 is 5.32 Å². The van der Waals surface area contributed by atoms with Crippen molar-refractivity contribution < 1.29 is 13.3 Å². The van der Waals surface area contributed by atoms with Crippen molar-refractivity contribution in [2.75, 3.05) is 18.4 Å². The molecule has 2 rings (SSSR count). The molecule has 0 unspecified atom stereocenters. The molecule has 1 aromatic heterocycles. The van der Waals surface area contributed by atoms with Gasteiger partial charge >= 0.3 is 0 Å². The number of aromatic nitrogens is 2. The van der Waals surface area contributed by atoms with Gasteiger partial charge in [-0.2, -0.15) is 9.40 Å². The Morgan fingerprint density at radius 2 is 2.00 bits per heavy atom. The fraction of sp³-hybridized carbons (Fsp3) is 0.400. The number of nitrogens with one attached hydrogen (secondary N) is 1. The molecule has 0 bridgehead atoms. The molecule has 0 amide bonds. The van der Waals surface area contributed by atoms with Crippen LogP contribution < -0.4 is 5.32 Å². The maximum absolute atomic E-state index is 12.5. The van der Waals surface area contributed by atoms with Crippen molar-refractivity contribution in [2.24, 2.45) is 7.05 Å². The van der Waals surface area contributed by atoms with Crippen molar-refractivity contribution in [3.8, 4) is 0 Å². The molecule has 2 aromatic rings. The molecular formula is C15H21N5O4S. The summed E-state index contributed by atoms with van der Waals surface area (Å²) in [5.41, 5.74) is 0.834. The zero-order chi connectivity index (χ0) is 18.6. The second kappa shape index (κ2) is 7.62. The highest BCUT2D eigenvalue weighted by Gasteiger charge is 2.25. The Morgan fingerprint density at radius 1 is 1.32 bits per heavy atom. The Kier molecular flexibility index (Phi) is 5.75.